The minimum absolute atomic E-state index is 0.0347. The molecule has 1 unspecified atom stereocenters. The van der Waals surface area contributed by atoms with Gasteiger partial charge in [-0.2, -0.15) is 10.1 Å². The predicted molar refractivity (Wildman–Crippen MR) is 105 cm³/mol. The summed E-state index contributed by atoms with van der Waals surface area (Å²) < 4.78 is 3.84. The molecule has 0 N–H and O–H groups in total. The first kappa shape index (κ1) is 16.9. The third-order valence-electron chi connectivity index (χ3n) is 4.91. The van der Waals surface area contributed by atoms with Crippen molar-refractivity contribution >= 4 is 23.1 Å². The Morgan fingerprint density at radius 2 is 2.00 bits per heavy atom. The molecule has 0 aliphatic carbocycles. The Bertz CT molecular complexity index is 1150. The Hall–Kier alpha value is -3.26. The van der Waals surface area contributed by atoms with Crippen molar-refractivity contribution in [2.75, 3.05) is 4.90 Å². The molecule has 0 saturated carbocycles. The second-order valence-electron chi connectivity index (χ2n) is 6.55. The standard InChI is InChI=1S/C19H17ClN8/c1-3-15-18-25-24-12(2)27(18)16-11-21-19(20)23-17(16)28(15)14-7-4-6-13(10-14)26-9-5-8-22-26/h4-11,15H,3H2,1-2H3. The number of hydrogen-bond acceptors (Lipinski definition) is 6. The summed E-state index contributed by atoms with van der Waals surface area (Å²) in [5.41, 5.74) is 2.75. The Labute approximate surface area is 166 Å². The number of anilines is 2. The molecule has 3 aromatic heterocycles. The van der Waals surface area contributed by atoms with E-state index >= 15 is 0 Å². The van der Waals surface area contributed by atoms with Crippen LogP contribution in [-0.4, -0.2) is 34.5 Å². The average molecular weight is 393 g/mol. The number of halogens is 1. The molecule has 0 amide bonds. The number of nitrogens with zero attached hydrogens (tertiary/aromatic N) is 8. The molecular formula is C19H17ClN8. The van der Waals surface area contributed by atoms with E-state index in [4.69, 9.17) is 11.6 Å². The minimum atomic E-state index is -0.0347. The Kier molecular flexibility index (Phi) is 3.87. The maximum atomic E-state index is 6.17. The molecule has 9 heteroatoms. The molecule has 8 nitrogen and oxygen atoms in total. The normalized spacial score (nSPS) is 15.4. The number of aryl methyl sites for hydroxylation is 1. The van der Waals surface area contributed by atoms with Crippen LogP contribution in [0.5, 0.6) is 0 Å². The second kappa shape index (κ2) is 6.42. The Balaban J connectivity index is 1.73. The lowest BCUT2D eigenvalue weighted by molar-refractivity contribution is 0.587. The van der Waals surface area contributed by atoms with Crippen LogP contribution >= 0.6 is 11.6 Å². The molecule has 4 heterocycles. The number of aromatic nitrogens is 7. The summed E-state index contributed by atoms with van der Waals surface area (Å²) in [4.78, 5) is 10.9. The van der Waals surface area contributed by atoms with Gasteiger partial charge in [-0.3, -0.25) is 4.57 Å². The van der Waals surface area contributed by atoms with E-state index < -0.39 is 0 Å². The van der Waals surface area contributed by atoms with Gasteiger partial charge in [0.2, 0.25) is 5.28 Å². The van der Waals surface area contributed by atoms with Gasteiger partial charge in [-0.15, -0.1) is 10.2 Å². The van der Waals surface area contributed by atoms with E-state index in [0.717, 1.165) is 40.9 Å². The van der Waals surface area contributed by atoms with Crippen molar-refractivity contribution in [1.29, 1.82) is 0 Å². The molecular weight excluding hydrogens is 376 g/mol. The second-order valence-corrected chi connectivity index (χ2v) is 6.89. The van der Waals surface area contributed by atoms with Gasteiger partial charge in [-0.25, -0.2) is 9.67 Å². The van der Waals surface area contributed by atoms with Gasteiger partial charge in [0.15, 0.2) is 11.6 Å². The highest BCUT2D eigenvalue weighted by atomic mass is 35.5. The maximum absolute atomic E-state index is 6.17. The van der Waals surface area contributed by atoms with Crippen molar-refractivity contribution in [3.63, 3.8) is 0 Å². The van der Waals surface area contributed by atoms with Gasteiger partial charge in [0.05, 0.1) is 17.9 Å². The van der Waals surface area contributed by atoms with Gasteiger partial charge in [0, 0.05) is 18.1 Å². The zero-order chi connectivity index (χ0) is 19.3. The lowest BCUT2D eigenvalue weighted by atomic mass is 10.1. The van der Waals surface area contributed by atoms with Crippen molar-refractivity contribution in [1.82, 2.24) is 34.5 Å². The minimum Gasteiger partial charge on any atom is -0.314 e. The number of fused-ring (bicyclic) bond motifs is 3. The third-order valence-corrected chi connectivity index (χ3v) is 5.09. The zero-order valence-electron chi connectivity index (χ0n) is 15.4. The van der Waals surface area contributed by atoms with Crippen LogP contribution in [0.25, 0.3) is 11.4 Å². The topological polar surface area (TPSA) is 77.5 Å². The van der Waals surface area contributed by atoms with Crippen LogP contribution in [-0.2, 0) is 0 Å². The van der Waals surface area contributed by atoms with Crippen LogP contribution in [0.1, 0.15) is 31.0 Å². The highest BCUT2D eigenvalue weighted by Crippen LogP contribution is 2.43. The zero-order valence-corrected chi connectivity index (χ0v) is 16.1. The van der Waals surface area contributed by atoms with Crippen molar-refractivity contribution in [2.45, 2.75) is 26.3 Å². The first-order valence-electron chi connectivity index (χ1n) is 9.01. The summed E-state index contributed by atoms with van der Waals surface area (Å²) in [7, 11) is 0. The van der Waals surface area contributed by atoms with Crippen molar-refractivity contribution < 1.29 is 0 Å². The number of hydrogen-bond donors (Lipinski definition) is 0. The third kappa shape index (κ3) is 2.49. The van der Waals surface area contributed by atoms with E-state index in [1.165, 1.54) is 0 Å². The fraction of sp³-hybridized carbons (Fsp3) is 0.211. The van der Waals surface area contributed by atoms with Gasteiger partial charge >= 0.3 is 0 Å². The summed E-state index contributed by atoms with van der Waals surface area (Å²) in [6.45, 7) is 4.05. The molecule has 1 aliphatic heterocycles. The lowest BCUT2D eigenvalue weighted by Gasteiger charge is -2.37. The first-order chi connectivity index (χ1) is 13.7. The molecule has 0 bridgehead atoms. The van der Waals surface area contributed by atoms with Crippen LogP contribution in [0.4, 0.5) is 11.5 Å². The summed E-state index contributed by atoms with van der Waals surface area (Å²) in [6.07, 6.45) is 6.22. The Morgan fingerprint density at radius 3 is 2.79 bits per heavy atom. The van der Waals surface area contributed by atoms with E-state index in [1.54, 1.807) is 12.4 Å². The molecule has 1 aliphatic rings. The van der Waals surface area contributed by atoms with E-state index in [0.29, 0.717) is 0 Å². The number of rotatable bonds is 3. The van der Waals surface area contributed by atoms with Crippen molar-refractivity contribution in [2.24, 2.45) is 0 Å². The van der Waals surface area contributed by atoms with Crippen LogP contribution in [0.15, 0.2) is 48.9 Å². The van der Waals surface area contributed by atoms with E-state index in [-0.39, 0.29) is 11.3 Å². The predicted octanol–water partition coefficient (Wildman–Crippen LogP) is 3.81. The summed E-state index contributed by atoms with van der Waals surface area (Å²) in [6, 6.07) is 10.0. The molecule has 28 heavy (non-hydrogen) atoms. The molecule has 1 atom stereocenters. The lowest BCUT2D eigenvalue weighted by Crippen LogP contribution is -2.32. The van der Waals surface area contributed by atoms with E-state index in [9.17, 15) is 0 Å². The monoisotopic (exact) mass is 392 g/mol. The van der Waals surface area contributed by atoms with Crippen LogP contribution in [0.3, 0.4) is 0 Å². The summed E-state index contributed by atoms with van der Waals surface area (Å²) in [5, 5.41) is 13.3. The SMILES string of the molecule is CCC1c2nnc(C)n2-c2cnc(Cl)nc2N1c1cccc(-n2cccn2)c1. The fourth-order valence-electron chi connectivity index (χ4n) is 3.71. The average Bonchev–Trinajstić information content (AvgIpc) is 3.37. The van der Waals surface area contributed by atoms with E-state index in [1.807, 2.05) is 46.6 Å². The van der Waals surface area contributed by atoms with Crippen LogP contribution < -0.4 is 4.90 Å². The van der Waals surface area contributed by atoms with Crippen LogP contribution in [0, 0.1) is 6.92 Å². The number of benzene rings is 1. The van der Waals surface area contributed by atoms with Gasteiger partial charge < -0.3 is 4.90 Å². The Morgan fingerprint density at radius 1 is 1.14 bits per heavy atom. The van der Waals surface area contributed by atoms with Gasteiger partial charge in [0.25, 0.3) is 0 Å². The molecule has 1 aromatic carbocycles. The summed E-state index contributed by atoms with van der Waals surface area (Å²) >= 11 is 6.17. The quantitative estimate of drug-likeness (QED) is 0.493. The maximum Gasteiger partial charge on any atom is 0.224 e. The highest BCUT2D eigenvalue weighted by molar-refractivity contribution is 6.28. The largest absolute Gasteiger partial charge is 0.314 e. The fourth-order valence-corrected chi connectivity index (χ4v) is 3.84. The summed E-state index contributed by atoms with van der Waals surface area (Å²) in [5.74, 6) is 2.40. The molecule has 0 radical (unpaired) electrons. The van der Waals surface area contributed by atoms with Gasteiger partial charge in [0.1, 0.15) is 11.5 Å². The molecule has 0 spiro atoms. The van der Waals surface area contributed by atoms with Crippen molar-refractivity contribution in [3.8, 4) is 11.4 Å². The van der Waals surface area contributed by atoms with Crippen LogP contribution in [0.2, 0.25) is 5.28 Å². The molecule has 140 valence electrons. The van der Waals surface area contributed by atoms with Gasteiger partial charge in [-0.1, -0.05) is 13.0 Å². The molecule has 5 rings (SSSR count). The molecule has 0 fully saturated rings. The highest BCUT2D eigenvalue weighted by Gasteiger charge is 2.35. The first-order valence-corrected chi connectivity index (χ1v) is 9.39. The molecule has 4 aromatic rings. The van der Waals surface area contributed by atoms with Crippen molar-refractivity contribution in [3.05, 3.63) is 65.9 Å². The smallest absolute Gasteiger partial charge is 0.224 e. The van der Waals surface area contributed by atoms with E-state index in [2.05, 4.69) is 43.2 Å². The molecule has 0 saturated heterocycles. The van der Waals surface area contributed by atoms with Gasteiger partial charge in [-0.05, 0) is 49.2 Å².